The van der Waals surface area contributed by atoms with Crippen LogP contribution in [0.4, 0.5) is 0 Å². The van der Waals surface area contributed by atoms with Crippen LogP contribution in [0.15, 0.2) is 34.7 Å². The van der Waals surface area contributed by atoms with Crippen LogP contribution in [-0.2, 0) is 12.2 Å². The molecule has 0 aliphatic carbocycles. The highest BCUT2D eigenvalue weighted by Gasteiger charge is 2.11. The molecular weight excluding hydrogens is 314 g/mol. The first-order valence-electron chi connectivity index (χ1n) is 7.45. The quantitative estimate of drug-likeness (QED) is 0.506. The van der Waals surface area contributed by atoms with Crippen molar-refractivity contribution >= 4 is 28.1 Å². The number of nitrogens with two attached hydrogens (primary N) is 1. The zero-order chi connectivity index (χ0) is 15.2. The van der Waals surface area contributed by atoms with Gasteiger partial charge in [-0.05, 0) is 24.9 Å². The number of hydrogen-bond donors (Lipinski definition) is 1. The van der Waals surface area contributed by atoms with Crippen molar-refractivity contribution in [1.82, 2.24) is 19.8 Å². The molecule has 116 valence electrons. The fourth-order valence-electron chi connectivity index (χ4n) is 2.18. The van der Waals surface area contributed by atoms with Gasteiger partial charge in [0.2, 0.25) is 4.96 Å². The molecule has 0 bridgehead atoms. The van der Waals surface area contributed by atoms with Gasteiger partial charge in [0.1, 0.15) is 0 Å². The lowest BCUT2D eigenvalue weighted by atomic mass is 10.2. The minimum atomic E-state index is 0.756. The van der Waals surface area contributed by atoms with Gasteiger partial charge in [-0.15, -0.1) is 15.3 Å². The van der Waals surface area contributed by atoms with Gasteiger partial charge in [-0.3, -0.25) is 0 Å². The van der Waals surface area contributed by atoms with Gasteiger partial charge >= 0.3 is 0 Å². The minimum absolute atomic E-state index is 0.756. The Morgan fingerprint density at radius 1 is 1.09 bits per heavy atom. The first-order valence-corrected chi connectivity index (χ1v) is 9.25. The molecule has 22 heavy (non-hydrogen) atoms. The van der Waals surface area contributed by atoms with Gasteiger partial charge in [-0.1, -0.05) is 59.9 Å². The summed E-state index contributed by atoms with van der Waals surface area (Å²) in [5.74, 6) is 1.88. The van der Waals surface area contributed by atoms with Crippen LogP contribution in [0, 0.1) is 0 Å². The molecule has 0 aliphatic heterocycles. The Balaban J connectivity index is 1.62. The Morgan fingerprint density at radius 2 is 1.95 bits per heavy atom. The number of fused-ring (bicyclic) bond motifs is 1. The summed E-state index contributed by atoms with van der Waals surface area (Å²) in [6.45, 7) is 0.756. The summed E-state index contributed by atoms with van der Waals surface area (Å²) in [5.41, 5.74) is 6.82. The second-order valence-corrected chi connectivity index (χ2v) is 7.23. The van der Waals surface area contributed by atoms with Crippen molar-refractivity contribution in [2.24, 2.45) is 5.73 Å². The number of unbranched alkanes of at least 4 members (excludes halogenated alkanes) is 2. The van der Waals surface area contributed by atoms with Gasteiger partial charge in [0, 0.05) is 12.2 Å². The topological polar surface area (TPSA) is 69.1 Å². The van der Waals surface area contributed by atoms with Gasteiger partial charge in [-0.25, -0.2) is 0 Å². The standard InChI is InChI=1S/C15H19N5S2/c16-10-6-2-5-9-13-17-18-14-20(13)19-15(22-14)21-11-12-7-3-1-4-8-12/h1,3-4,7-8H,2,5-6,9-11,16H2. The molecule has 0 radical (unpaired) electrons. The minimum Gasteiger partial charge on any atom is -0.330 e. The lowest BCUT2D eigenvalue weighted by molar-refractivity contribution is 0.654. The van der Waals surface area contributed by atoms with Crippen LogP contribution in [0.3, 0.4) is 0 Å². The monoisotopic (exact) mass is 333 g/mol. The summed E-state index contributed by atoms with van der Waals surface area (Å²) in [6.07, 6.45) is 4.19. The lowest BCUT2D eigenvalue weighted by Crippen LogP contribution is -2.00. The Labute approximate surface area is 137 Å². The number of aromatic nitrogens is 4. The predicted molar refractivity (Wildman–Crippen MR) is 91.3 cm³/mol. The molecule has 0 aliphatic rings. The maximum Gasteiger partial charge on any atom is 0.235 e. The highest BCUT2D eigenvalue weighted by Crippen LogP contribution is 2.27. The van der Waals surface area contributed by atoms with Crippen LogP contribution in [0.5, 0.6) is 0 Å². The van der Waals surface area contributed by atoms with Crippen molar-refractivity contribution in [1.29, 1.82) is 0 Å². The predicted octanol–water partition coefficient (Wildman–Crippen LogP) is 3.15. The van der Waals surface area contributed by atoms with Gasteiger partial charge < -0.3 is 5.73 Å². The molecule has 5 nitrogen and oxygen atoms in total. The van der Waals surface area contributed by atoms with Gasteiger partial charge in [0.25, 0.3) is 0 Å². The summed E-state index contributed by atoms with van der Waals surface area (Å²) in [5, 5.41) is 13.1. The Hall–Kier alpha value is -1.44. The van der Waals surface area contributed by atoms with E-state index in [4.69, 9.17) is 5.73 Å². The molecule has 7 heteroatoms. The number of hydrogen-bond acceptors (Lipinski definition) is 6. The van der Waals surface area contributed by atoms with Gasteiger partial charge in [0.15, 0.2) is 10.2 Å². The van der Waals surface area contributed by atoms with Crippen LogP contribution >= 0.6 is 23.1 Å². The third-order valence-corrected chi connectivity index (χ3v) is 5.45. The van der Waals surface area contributed by atoms with E-state index in [-0.39, 0.29) is 0 Å². The third-order valence-electron chi connectivity index (χ3n) is 3.35. The van der Waals surface area contributed by atoms with Crippen molar-refractivity contribution in [2.45, 2.75) is 35.8 Å². The van der Waals surface area contributed by atoms with E-state index in [1.807, 2.05) is 10.6 Å². The Bertz CT molecular complexity index is 707. The fraction of sp³-hybridized carbons (Fsp3) is 0.400. The number of benzene rings is 1. The zero-order valence-electron chi connectivity index (χ0n) is 12.3. The molecule has 0 spiro atoms. The molecule has 0 unspecified atom stereocenters. The van der Waals surface area contributed by atoms with Crippen LogP contribution in [0.1, 0.15) is 30.7 Å². The van der Waals surface area contributed by atoms with Crippen LogP contribution < -0.4 is 5.73 Å². The van der Waals surface area contributed by atoms with E-state index in [2.05, 4.69) is 39.6 Å². The molecule has 2 N–H and O–H groups in total. The van der Waals surface area contributed by atoms with Gasteiger partial charge in [0.05, 0.1) is 0 Å². The number of aryl methyl sites for hydroxylation is 1. The first-order chi connectivity index (χ1) is 10.9. The smallest absolute Gasteiger partial charge is 0.235 e. The maximum absolute atomic E-state index is 5.52. The van der Waals surface area contributed by atoms with Gasteiger partial charge in [-0.2, -0.15) is 4.52 Å². The maximum atomic E-state index is 5.52. The molecule has 1 aromatic carbocycles. The lowest BCUT2D eigenvalue weighted by Gasteiger charge is -1.98. The molecule has 3 aromatic rings. The van der Waals surface area contributed by atoms with Crippen molar-refractivity contribution in [3.63, 3.8) is 0 Å². The second-order valence-electron chi connectivity index (χ2n) is 5.05. The summed E-state index contributed by atoms with van der Waals surface area (Å²) < 4.78 is 2.93. The largest absolute Gasteiger partial charge is 0.330 e. The zero-order valence-corrected chi connectivity index (χ0v) is 13.9. The molecule has 2 heterocycles. The van der Waals surface area contributed by atoms with Crippen LogP contribution in [0.25, 0.3) is 4.96 Å². The SMILES string of the molecule is NCCCCCc1nnc2sc(SCc3ccccc3)nn12. The number of rotatable bonds is 8. The van der Waals surface area contributed by atoms with Crippen molar-refractivity contribution in [2.75, 3.05) is 6.54 Å². The van der Waals surface area contributed by atoms with E-state index in [1.165, 1.54) is 5.56 Å². The second kappa shape index (κ2) is 7.71. The van der Waals surface area contributed by atoms with E-state index in [0.29, 0.717) is 0 Å². The van der Waals surface area contributed by atoms with E-state index in [0.717, 1.165) is 53.1 Å². The fourth-order valence-corrected chi connectivity index (χ4v) is 4.03. The Kier molecular flexibility index (Phi) is 5.42. The summed E-state index contributed by atoms with van der Waals surface area (Å²) in [7, 11) is 0. The number of thioether (sulfide) groups is 1. The summed E-state index contributed by atoms with van der Waals surface area (Å²) >= 11 is 3.35. The van der Waals surface area contributed by atoms with Crippen molar-refractivity contribution in [3.8, 4) is 0 Å². The van der Waals surface area contributed by atoms with Crippen molar-refractivity contribution in [3.05, 3.63) is 41.7 Å². The third kappa shape index (κ3) is 3.85. The highest BCUT2D eigenvalue weighted by atomic mass is 32.2. The van der Waals surface area contributed by atoms with Crippen LogP contribution in [0.2, 0.25) is 0 Å². The average Bonchev–Trinajstić information content (AvgIpc) is 3.11. The molecule has 0 fully saturated rings. The molecule has 0 amide bonds. The van der Waals surface area contributed by atoms with Crippen molar-refractivity contribution < 1.29 is 0 Å². The molecule has 3 rings (SSSR count). The van der Waals surface area contributed by atoms with E-state index in [1.54, 1.807) is 23.1 Å². The van der Waals surface area contributed by atoms with E-state index >= 15 is 0 Å². The molecule has 0 saturated carbocycles. The number of nitrogens with zero attached hydrogens (tertiary/aromatic N) is 4. The highest BCUT2D eigenvalue weighted by molar-refractivity contribution is 8.00. The summed E-state index contributed by atoms with van der Waals surface area (Å²) in [4.78, 5) is 0.879. The molecule has 0 saturated heterocycles. The normalized spacial score (nSPS) is 11.3. The van der Waals surface area contributed by atoms with E-state index in [9.17, 15) is 0 Å². The Morgan fingerprint density at radius 3 is 2.77 bits per heavy atom. The first kappa shape index (κ1) is 15.5. The van der Waals surface area contributed by atoms with E-state index < -0.39 is 0 Å². The molecule has 2 aromatic heterocycles. The van der Waals surface area contributed by atoms with Crippen LogP contribution in [-0.4, -0.2) is 26.4 Å². The summed E-state index contributed by atoms with van der Waals surface area (Å²) in [6, 6.07) is 10.4. The molecular formula is C15H19N5S2. The molecule has 0 atom stereocenters. The average molecular weight is 333 g/mol.